The molecule has 3 rings (SSSR count). The molecule has 0 unspecified atom stereocenters. The second-order valence-corrected chi connectivity index (χ2v) is 11.7. The van der Waals surface area contributed by atoms with Crippen molar-refractivity contribution in [1.29, 1.82) is 0 Å². The molecule has 1 aliphatic rings. The van der Waals surface area contributed by atoms with Gasteiger partial charge in [-0.25, -0.2) is 0 Å². The number of amides is 3. The molecule has 11 nitrogen and oxygen atoms in total. The zero-order valence-corrected chi connectivity index (χ0v) is 25.3. The fourth-order valence-electron chi connectivity index (χ4n) is 5.12. The zero-order valence-electron chi connectivity index (χ0n) is 25.3. The molecule has 4 bridgehead atoms. The van der Waals surface area contributed by atoms with Gasteiger partial charge in [0.15, 0.2) is 0 Å². The van der Waals surface area contributed by atoms with Crippen LogP contribution in [0.25, 0.3) is 11.1 Å². The van der Waals surface area contributed by atoms with Gasteiger partial charge in [-0.15, -0.1) is 0 Å². The molecule has 0 aromatic heterocycles. The Morgan fingerprint density at radius 1 is 0.881 bits per heavy atom. The van der Waals surface area contributed by atoms with Crippen molar-refractivity contribution >= 4 is 17.7 Å². The van der Waals surface area contributed by atoms with E-state index in [-0.39, 0.29) is 35.7 Å². The van der Waals surface area contributed by atoms with Gasteiger partial charge in [0.05, 0.1) is 6.04 Å². The predicted octanol–water partition coefficient (Wildman–Crippen LogP) is 0.782. The summed E-state index contributed by atoms with van der Waals surface area (Å²) in [5, 5.41) is 39.2. The maximum atomic E-state index is 13.7. The lowest BCUT2D eigenvalue weighted by Gasteiger charge is -2.28. The van der Waals surface area contributed by atoms with E-state index >= 15 is 0 Å². The third kappa shape index (κ3) is 8.91. The van der Waals surface area contributed by atoms with E-state index in [0.717, 1.165) is 11.1 Å². The average molecular weight is 583 g/mol. The lowest BCUT2D eigenvalue weighted by Crippen LogP contribution is -2.57. The van der Waals surface area contributed by atoms with Crippen LogP contribution in [0.3, 0.4) is 0 Å². The number of phenolic OH excluding ortho intramolecular Hbond substituents is 2. The SMILES string of the molecule is CNCCC[C@@H]1NC(=O)[C@@H](NC)Cc2cc(ccc2O)-c2ccc(O)c(c2)C[C@@H](C(=O)NCC(C)(C)CNC)NC1=O. The van der Waals surface area contributed by atoms with Crippen LogP contribution in [0.1, 0.15) is 37.8 Å². The number of aromatic hydroxyl groups is 2. The molecule has 8 N–H and O–H groups in total. The number of rotatable bonds is 10. The van der Waals surface area contributed by atoms with Crippen LogP contribution in [0.5, 0.6) is 11.5 Å². The normalized spacial score (nSPS) is 19.7. The van der Waals surface area contributed by atoms with Crippen LogP contribution in [0.2, 0.25) is 0 Å². The first-order valence-electron chi connectivity index (χ1n) is 14.5. The second kappa shape index (κ2) is 15.0. The van der Waals surface area contributed by atoms with Gasteiger partial charge in [0.2, 0.25) is 17.7 Å². The number of carbonyl (C=O) groups is 3. The summed E-state index contributed by atoms with van der Waals surface area (Å²) >= 11 is 0. The third-order valence-electron chi connectivity index (χ3n) is 7.59. The van der Waals surface area contributed by atoms with Crippen molar-refractivity contribution in [3.8, 4) is 22.6 Å². The Hall–Kier alpha value is -3.67. The van der Waals surface area contributed by atoms with E-state index in [1.807, 2.05) is 34.0 Å². The molecule has 3 amide bonds. The standard InChI is InChI=1S/C31H46N6O5/c1-31(2,17-33-4)18-35-28(40)25-16-22-14-20(9-11-27(22)39)19-8-10-26(38)21(13-19)15-24(34-5)30(42)36-23(29(41)37-25)7-6-12-32-3/h8-11,13-14,23-25,32-34,38-39H,6-7,12,15-18H2,1-5H3,(H,35,40)(H,36,42)(H,37,41)/t23-,24-,25-/m0/s1. The largest absolute Gasteiger partial charge is 0.508 e. The molecule has 0 radical (unpaired) electrons. The van der Waals surface area contributed by atoms with Gasteiger partial charge >= 0.3 is 0 Å². The molecular weight excluding hydrogens is 536 g/mol. The molecule has 3 atom stereocenters. The van der Waals surface area contributed by atoms with Crippen molar-refractivity contribution in [3.05, 3.63) is 47.5 Å². The van der Waals surface area contributed by atoms with Gasteiger partial charge in [0.1, 0.15) is 23.6 Å². The van der Waals surface area contributed by atoms with Crippen molar-refractivity contribution in [3.63, 3.8) is 0 Å². The molecule has 42 heavy (non-hydrogen) atoms. The van der Waals surface area contributed by atoms with E-state index < -0.39 is 29.9 Å². The van der Waals surface area contributed by atoms with E-state index in [9.17, 15) is 24.6 Å². The van der Waals surface area contributed by atoms with Gasteiger partial charge in [-0.1, -0.05) is 26.0 Å². The summed E-state index contributed by atoms with van der Waals surface area (Å²) < 4.78 is 0. The van der Waals surface area contributed by atoms with E-state index in [0.29, 0.717) is 43.6 Å². The summed E-state index contributed by atoms with van der Waals surface area (Å²) in [6.07, 6.45) is 1.18. The van der Waals surface area contributed by atoms with Crippen LogP contribution in [-0.2, 0) is 27.2 Å². The van der Waals surface area contributed by atoms with Crippen LogP contribution in [-0.4, -0.2) is 86.8 Å². The lowest BCUT2D eigenvalue weighted by molar-refractivity contribution is -0.132. The number of hydrogen-bond acceptors (Lipinski definition) is 8. The van der Waals surface area contributed by atoms with E-state index in [2.05, 4.69) is 31.9 Å². The Morgan fingerprint density at radius 3 is 2.07 bits per heavy atom. The minimum absolute atomic E-state index is 0.00116. The average Bonchev–Trinajstić information content (AvgIpc) is 2.95. The highest BCUT2D eigenvalue weighted by Gasteiger charge is 2.31. The first kappa shape index (κ1) is 32.8. The minimum atomic E-state index is -1.01. The smallest absolute Gasteiger partial charge is 0.243 e. The second-order valence-electron chi connectivity index (χ2n) is 11.7. The number of fused-ring (bicyclic) bond motifs is 5. The molecule has 0 fully saturated rings. The van der Waals surface area contributed by atoms with Crippen molar-refractivity contribution in [1.82, 2.24) is 31.9 Å². The lowest BCUT2D eigenvalue weighted by atomic mass is 9.93. The highest BCUT2D eigenvalue weighted by molar-refractivity contribution is 5.93. The van der Waals surface area contributed by atoms with Gasteiger partial charge in [-0.05, 0) is 92.5 Å². The van der Waals surface area contributed by atoms with Crippen LogP contribution in [0, 0.1) is 5.41 Å². The van der Waals surface area contributed by atoms with E-state index in [1.165, 1.54) is 0 Å². The van der Waals surface area contributed by atoms with Crippen LogP contribution >= 0.6 is 0 Å². The van der Waals surface area contributed by atoms with Crippen LogP contribution in [0.15, 0.2) is 36.4 Å². The summed E-state index contributed by atoms with van der Waals surface area (Å²) in [5.74, 6) is -1.22. The molecule has 0 saturated heterocycles. The molecule has 230 valence electrons. The fraction of sp³-hybridized carbons (Fsp3) is 0.516. The molecule has 11 heteroatoms. The maximum absolute atomic E-state index is 13.7. The van der Waals surface area contributed by atoms with E-state index in [4.69, 9.17) is 0 Å². The van der Waals surface area contributed by atoms with Crippen molar-refractivity contribution in [2.75, 3.05) is 40.8 Å². The Balaban J connectivity index is 2.06. The number of hydrogen-bond donors (Lipinski definition) is 8. The van der Waals surface area contributed by atoms with Gasteiger partial charge in [-0.2, -0.15) is 0 Å². The molecule has 0 saturated carbocycles. The monoisotopic (exact) mass is 582 g/mol. The number of phenols is 2. The minimum Gasteiger partial charge on any atom is -0.508 e. The summed E-state index contributed by atoms with van der Waals surface area (Å²) in [6, 6.07) is 7.61. The Labute approximate surface area is 248 Å². The predicted molar refractivity (Wildman–Crippen MR) is 163 cm³/mol. The third-order valence-corrected chi connectivity index (χ3v) is 7.59. The highest BCUT2D eigenvalue weighted by atomic mass is 16.3. The van der Waals surface area contributed by atoms with Gasteiger partial charge in [0.25, 0.3) is 0 Å². The Kier molecular flexibility index (Phi) is 11.7. The van der Waals surface area contributed by atoms with E-state index in [1.54, 1.807) is 37.4 Å². The van der Waals surface area contributed by atoms with Crippen LogP contribution < -0.4 is 31.9 Å². The quantitative estimate of drug-likeness (QED) is 0.191. The molecular formula is C31H46N6O5. The summed E-state index contributed by atoms with van der Waals surface area (Å²) in [7, 11) is 5.30. The molecule has 2 aromatic rings. The highest BCUT2D eigenvalue weighted by Crippen LogP contribution is 2.31. The molecule has 1 aliphatic heterocycles. The van der Waals surface area contributed by atoms with Gasteiger partial charge < -0.3 is 42.1 Å². The van der Waals surface area contributed by atoms with Crippen molar-refractivity contribution in [2.24, 2.45) is 5.41 Å². The summed E-state index contributed by atoms with van der Waals surface area (Å²) in [6.45, 7) is 5.72. The Bertz CT molecular complexity index is 1250. The van der Waals surface area contributed by atoms with Crippen molar-refractivity contribution < 1.29 is 24.6 Å². The van der Waals surface area contributed by atoms with Gasteiger partial charge in [-0.3, -0.25) is 14.4 Å². The first-order chi connectivity index (χ1) is 20.0. The Morgan fingerprint density at radius 2 is 1.50 bits per heavy atom. The zero-order chi connectivity index (χ0) is 30.9. The molecule has 1 heterocycles. The summed E-state index contributed by atoms with van der Waals surface area (Å²) in [4.78, 5) is 40.6. The number of likely N-dealkylation sites (N-methyl/N-ethyl adjacent to an activating group) is 1. The maximum Gasteiger partial charge on any atom is 0.243 e. The first-order valence-corrected chi connectivity index (χ1v) is 14.5. The van der Waals surface area contributed by atoms with Gasteiger partial charge in [0, 0.05) is 25.9 Å². The fourth-order valence-corrected chi connectivity index (χ4v) is 5.12. The van der Waals surface area contributed by atoms with Crippen LogP contribution in [0.4, 0.5) is 0 Å². The molecule has 0 spiro atoms. The molecule has 2 aromatic carbocycles. The molecule has 0 aliphatic carbocycles. The number of benzene rings is 2. The number of carbonyl (C=O) groups excluding carboxylic acids is 3. The number of nitrogens with one attached hydrogen (secondary N) is 6. The van der Waals surface area contributed by atoms with Crippen molar-refractivity contribution in [2.45, 2.75) is 57.7 Å². The summed E-state index contributed by atoms with van der Waals surface area (Å²) in [5.41, 5.74) is 2.34. The topological polar surface area (TPSA) is 164 Å².